The van der Waals surface area contributed by atoms with Gasteiger partial charge in [-0.2, -0.15) is 0 Å². The number of nitrogens with zero attached hydrogens (tertiary/aromatic N) is 1. The van der Waals surface area contributed by atoms with Crippen LogP contribution in [0.15, 0.2) is 6.20 Å². The van der Waals surface area contributed by atoms with Crippen molar-refractivity contribution in [2.75, 3.05) is 6.61 Å². The fourth-order valence-corrected chi connectivity index (χ4v) is 5.00. The van der Waals surface area contributed by atoms with Crippen molar-refractivity contribution in [1.29, 1.82) is 0 Å². The van der Waals surface area contributed by atoms with E-state index in [4.69, 9.17) is 4.74 Å². The molecule has 114 valence electrons. The standard InChI is InChI=1S/C13H22N2O3S2/c1-9(2)6-13-14-7-11(19-13)8-15-20(16,17)12-4-5-18-10(12)3/h7,9-10,12,15H,4-6,8H2,1-3H3/t10-,12-/m1/s1. The molecule has 1 aromatic heterocycles. The van der Waals surface area contributed by atoms with Crippen LogP contribution in [0, 0.1) is 5.92 Å². The Morgan fingerprint density at radius 3 is 2.90 bits per heavy atom. The fraction of sp³-hybridized carbons (Fsp3) is 0.769. The summed E-state index contributed by atoms with van der Waals surface area (Å²) in [5.41, 5.74) is 0. The van der Waals surface area contributed by atoms with Crippen molar-refractivity contribution < 1.29 is 13.2 Å². The molecule has 0 aliphatic carbocycles. The van der Waals surface area contributed by atoms with Crippen LogP contribution in [0.2, 0.25) is 0 Å². The number of thiazole rings is 1. The first-order chi connectivity index (χ1) is 9.38. The number of rotatable bonds is 6. The summed E-state index contributed by atoms with van der Waals surface area (Å²) in [6, 6.07) is 0. The largest absolute Gasteiger partial charge is 0.377 e. The predicted octanol–water partition coefficient (Wildman–Crippen LogP) is 1.94. The number of aromatic nitrogens is 1. The average molecular weight is 318 g/mol. The molecule has 0 aromatic carbocycles. The Hall–Kier alpha value is -0.500. The summed E-state index contributed by atoms with van der Waals surface area (Å²) >= 11 is 1.58. The summed E-state index contributed by atoms with van der Waals surface area (Å²) in [5.74, 6) is 0.558. The van der Waals surface area contributed by atoms with Gasteiger partial charge in [-0.05, 0) is 19.3 Å². The van der Waals surface area contributed by atoms with Gasteiger partial charge in [0.25, 0.3) is 0 Å². The highest BCUT2D eigenvalue weighted by Crippen LogP contribution is 2.21. The Labute approximate surface area is 124 Å². The molecule has 1 N–H and O–H groups in total. The topological polar surface area (TPSA) is 68.3 Å². The Kier molecular flexibility index (Phi) is 5.17. The van der Waals surface area contributed by atoms with Crippen molar-refractivity contribution in [3.05, 3.63) is 16.1 Å². The van der Waals surface area contributed by atoms with Gasteiger partial charge in [-0.3, -0.25) is 0 Å². The van der Waals surface area contributed by atoms with E-state index in [1.165, 1.54) is 0 Å². The maximum atomic E-state index is 12.2. The number of ether oxygens (including phenoxy) is 1. The van der Waals surface area contributed by atoms with E-state index in [-0.39, 0.29) is 6.10 Å². The first-order valence-corrected chi connectivity index (χ1v) is 9.28. The lowest BCUT2D eigenvalue weighted by Gasteiger charge is -2.15. The fourth-order valence-electron chi connectivity index (χ4n) is 2.27. The van der Waals surface area contributed by atoms with Gasteiger partial charge in [0, 0.05) is 30.6 Å². The summed E-state index contributed by atoms with van der Waals surface area (Å²) in [6.07, 6.45) is 3.04. The molecule has 0 saturated carbocycles. The van der Waals surface area contributed by atoms with Crippen molar-refractivity contribution in [2.45, 2.75) is 51.5 Å². The molecule has 1 aliphatic heterocycles. The third kappa shape index (κ3) is 4.00. The highest BCUT2D eigenvalue weighted by Gasteiger charge is 2.35. The Morgan fingerprint density at radius 1 is 1.55 bits per heavy atom. The molecule has 1 aromatic rings. The number of hydrogen-bond acceptors (Lipinski definition) is 5. The smallest absolute Gasteiger partial charge is 0.217 e. The molecule has 0 unspecified atom stereocenters. The summed E-state index contributed by atoms with van der Waals surface area (Å²) in [5, 5.41) is 0.623. The van der Waals surface area contributed by atoms with Crippen LogP contribution >= 0.6 is 11.3 Å². The lowest BCUT2D eigenvalue weighted by atomic mass is 10.1. The molecule has 1 fully saturated rings. The predicted molar refractivity (Wildman–Crippen MR) is 80.2 cm³/mol. The molecule has 20 heavy (non-hydrogen) atoms. The minimum absolute atomic E-state index is 0.231. The Bertz CT molecular complexity index is 540. The van der Waals surface area contributed by atoms with Gasteiger partial charge >= 0.3 is 0 Å². The van der Waals surface area contributed by atoms with E-state index in [0.29, 0.717) is 25.5 Å². The quantitative estimate of drug-likeness (QED) is 0.870. The molecular weight excluding hydrogens is 296 g/mol. The van der Waals surface area contributed by atoms with Crippen LogP contribution in [0.5, 0.6) is 0 Å². The van der Waals surface area contributed by atoms with E-state index in [1.54, 1.807) is 17.5 Å². The van der Waals surface area contributed by atoms with E-state index in [2.05, 4.69) is 23.6 Å². The van der Waals surface area contributed by atoms with Gasteiger partial charge in [0.05, 0.1) is 11.1 Å². The zero-order valence-corrected chi connectivity index (χ0v) is 13.8. The monoisotopic (exact) mass is 318 g/mol. The first kappa shape index (κ1) is 15.9. The Morgan fingerprint density at radius 2 is 2.30 bits per heavy atom. The molecule has 0 radical (unpaired) electrons. The molecule has 5 nitrogen and oxygen atoms in total. The summed E-state index contributed by atoms with van der Waals surface area (Å²) in [7, 11) is -3.32. The van der Waals surface area contributed by atoms with Crippen LogP contribution in [-0.2, 0) is 27.7 Å². The van der Waals surface area contributed by atoms with Crippen LogP contribution in [0.1, 0.15) is 37.1 Å². The molecule has 7 heteroatoms. The third-order valence-corrected chi connectivity index (χ3v) is 6.32. The normalized spacial score (nSPS) is 23.6. The number of sulfonamides is 1. The van der Waals surface area contributed by atoms with Crippen LogP contribution < -0.4 is 4.72 Å². The molecule has 2 atom stereocenters. The first-order valence-electron chi connectivity index (χ1n) is 6.92. The van der Waals surface area contributed by atoms with Gasteiger partial charge < -0.3 is 4.74 Å². The van der Waals surface area contributed by atoms with E-state index in [9.17, 15) is 8.42 Å². The van der Waals surface area contributed by atoms with Gasteiger partial charge in [-0.15, -0.1) is 11.3 Å². The van der Waals surface area contributed by atoms with Crippen molar-refractivity contribution >= 4 is 21.4 Å². The van der Waals surface area contributed by atoms with E-state index < -0.39 is 15.3 Å². The van der Waals surface area contributed by atoms with Crippen molar-refractivity contribution in [3.8, 4) is 0 Å². The van der Waals surface area contributed by atoms with Crippen LogP contribution in [-0.4, -0.2) is 31.4 Å². The average Bonchev–Trinajstić information content (AvgIpc) is 2.95. The molecule has 1 aliphatic rings. The van der Waals surface area contributed by atoms with Gasteiger partial charge in [-0.1, -0.05) is 13.8 Å². The molecule has 0 amide bonds. The molecule has 0 bridgehead atoms. The molecular formula is C13H22N2O3S2. The van der Waals surface area contributed by atoms with Crippen molar-refractivity contribution in [1.82, 2.24) is 9.71 Å². The zero-order chi connectivity index (χ0) is 14.8. The number of nitrogens with one attached hydrogen (secondary N) is 1. The minimum atomic E-state index is -3.32. The highest BCUT2D eigenvalue weighted by molar-refractivity contribution is 7.90. The molecule has 2 rings (SSSR count). The van der Waals surface area contributed by atoms with Gasteiger partial charge in [-0.25, -0.2) is 18.1 Å². The zero-order valence-electron chi connectivity index (χ0n) is 12.1. The summed E-state index contributed by atoms with van der Waals surface area (Å²) in [4.78, 5) is 5.28. The summed E-state index contributed by atoms with van der Waals surface area (Å²) in [6.45, 7) is 6.94. The maximum absolute atomic E-state index is 12.2. The lowest BCUT2D eigenvalue weighted by Crippen LogP contribution is -2.37. The second-order valence-electron chi connectivity index (χ2n) is 5.59. The van der Waals surface area contributed by atoms with Gasteiger partial charge in [0.15, 0.2) is 0 Å². The Balaban J connectivity index is 1.92. The van der Waals surface area contributed by atoms with E-state index in [0.717, 1.165) is 16.3 Å². The van der Waals surface area contributed by atoms with Crippen molar-refractivity contribution in [2.24, 2.45) is 5.92 Å². The van der Waals surface area contributed by atoms with E-state index in [1.807, 2.05) is 6.92 Å². The summed E-state index contributed by atoms with van der Waals surface area (Å²) < 4.78 is 32.4. The van der Waals surface area contributed by atoms with E-state index >= 15 is 0 Å². The third-order valence-electron chi connectivity index (χ3n) is 3.34. The highest BCUT2D eigenvalue weighted by atomic mass is 32.2. The number of hydrogen-bond donors (Lipinski definition) is 1. The van der Waals surface area contributed by atoms with Gasteiger partial charge in [0.1, 0.15) is 5.25 Å². The molecule has 0 spiro atoms. The SMILES string of the molecule is CC(C)Cc1ncc(CNS(=O)(=O)[C@@H]2CCO[C@@H]2C)s1. The van der Waals surface area contributed by atoms with Gasteiger partial charge in [0.2, 0.25) is 10.0 Å². The van der Waals surface area contributed by atoms with Crippen LogP contribution in [0.3, 0.4) is 0 Å². The van der Waals surface area contributed by atoms with Crippen LogP contribution in [0.4, 0.5) is 0 Å². The van der Waals surface area contributed by atoms with Crippen molar-refractivity contribution in [3.63, 3.8) is 0 Å². The molecule has 2 heterocycles. The van der Waals surface area contributed by atoms with Crippen LogP contribution in [0.25, 0.3) is 0 Å². The maximum Gasteiger partial charge on any atom is 0.217 e. The second kappa shape index (κ2) is 6.51. The minimum Gasteiger partial charge on any atom is -0.377 e. The lowest BCUT2D eigenvalue weighted by molar-refractivity contribution is 0.126. The molecule has 1 saturated heterocycles. The second-order valence-corrected chi connectivity index (χ2v) is 8.77.